The third-order valence-corrected chi connectivity index (χ3v) is 5.09. The number of aliphatic hydroxyl groups is 1. The average molecular weight is 401 g/mol. The third-order valence-electron chi connectivity index (χ3n) is 5.09. The molecule has 0 saturated carbocycles. The van der Waals surface area contributed by atoms with Crippen molar-refractivity contribution in [3.63, 3.8) is 0 Å². The summed E-state index contributed by atoms with van der Waals surface area (Å²) in [5.74, 6) is -0.259. The van der Waals surface area contributed by atoms with Gasteiger partial charge in [0.05, 0.1) is 19.3 Å². The van der Waals surface area contributed by atoms with Gasteiger partial charge in [0, 0.05) is 30.5 Å². The first-order chi connectivity index (χ1) is 14.7. The Morgan fingerprint density at radius 2 is 1.50 bits per heavy atom. The van der Waals surface area contributed by atoms with E-state index in [0.29, 0.717) is 19.6 Å². The molecule has 4 nitrogen and oxygen atoms in total. The fourth-order valence-electron chi connectivity index (χ4n) is 3.53. The molecular formula is C25H24FN3O. The SMILES string of the molecule is OCc1ccccc1CN(Cc1cnn(Cc2ccccc2)c1)c1ccc(F)cc1. The van der Waals surface area contributed by atoms with E-state index in [4.69, 9.17) is 0 Å². The van der Waals surface area contributed by atoms with Crippen molar-refractivity contribution in [2.45, 2.75) is 26.2 Å². The fourth-order valence-corrected chi connectivity index (χ4v) is 3.53. The summed E-state index contributed by atoms with van der Waals surface area (Å²) in [4.78, 5) is 2.16. The van der Waals surface area contributed by atoms with Gasteiger partial charge in [-0.15, -0.1) is 0 Å². The molecule has 0 unspecified atom stereocenters. The molecule has 30 heavy (non-hydrogen) atoms. The second-order valence-electron chi connectivity index (χ2n) is 7.29. The van der Waals surface area contributed by atoms with Crippen LogP contribution in [0.25, 0.3) is 0 Å². The van der Waals surface area contributed by atoms with E-state index in [2.05, 4.69) is 22.1 Å². The molecule has 1 N–H and O–H groups in total. The van der Waals surface area contributed by atoms with Crippen LogP contribution in [0, 0.1) is 5.82 Å². The highest BCUT2D eigenvalue weighted by Crippen LogP contribution is 2.22. The number of benzene rings is 3. The molecule has 1 aromatic heterocycles. The molecule has 5 heteroatoms. The molecule has 0 atom stereocenters. The van der Waals surface area contributed by atoms with Gasteiger partial charge >= 0.3 is 0 Å². The van der Waals surface area contributed by atoms with Crippen LogP contribution in [0.15, 0.2) is 91.3 Å². The lowest BCUT2D eigenvalue weighted by atomic mass is 10.1. The normalized spacial score (nSPS) is 10.9. The van der Waals surface area contributed by atoms with Crippen LogP contribution >= 0.6 is 0 Å². The summed E-state index contributed by atoms with van der Waals surface area (Å²) in [6.45, 7) is 1.93. The van der Waals surface area contributed by atoms with Crippen LogP contribution in [0.4, 0.5) is 10.1 Å². The van der Waals surface area contributed by atoms with E-state index in [9.17, 15) is 9.50 Å². The van der Waals surface area contributed by atoms with Gasteiger partial charge in [-0.1, -0.05) is 54.6 Å². The predicted octanol–water partition coefficient (Wildman–Crippen LogP) is 4.77. The van der Waals surface area contributed by atoms with E-state index in [1.165, 1.54) is 17.7 Å². The monoisotopic (exact) mass is 401 g/mol. The minimum Gasteiger partial charge on any atom is -0.392 e. The summed E-state index contributed by atoms with van der Waals surface area (Å²) in [6.07, 6.45) is 3.92. The van der Waals surface area contributed by atoms with Gasteiger partial charge in [-0.2, -0.15) is 5.10 Å². The fraction of sp³-hybridized carbons (Fsp3) is 0.160. The number of halogens is 1. The topological polar surface area (TPSA) is 41.3 Å². The largest absolute Gasteiger partial charge is 0.392 e. The standard InChI is InChI=1S/C25H24FN3O/c26-24-10-12-25(13-11-24)28(18-22-8-4-5-9-23(22)19-30)15-21-14-27-29(17-21)16-20-6-2-1-3-7-20/h1-14,17,30H,15-16,18-19H2. The third kappa shape index (κ3) is 4.93. The lowest BCUT2D eigenvalue weighted by Crippen LogP contribution is -2.22. The first-order valence-electron chi connectivity index (χ1n) is 9.94. The van der Waals surface area contributed by atoms with Crippen molar-refractivity contribution in [2.24, 2.45) is 0 Å². The molecule has 1 heterocycles. The number of hydrogen-bond acceptors (Lipinski definition) is 3. The van der Waals surface area contributed by atoms with Crippen LogP contribution < -0.4 is 4.90 Å². The van der Waals surface area contributed by atoms with Gasteiger partial charge in [-0.05, 0) is 41.0 Å². The number of hydrogen-bond donors (Lipinski definition) is 1. The van der Waals surface area contributed by atoms with Crippen LogP contribution in [0.1, 0.15) is 22.3 Å². The van der Waals surface area contributed by atoms with Crippen LogP contribution in [0.5, 0.6) is 0 Å². The Bertz CT molecular complexity index is 1080. The van der Waals surface area contributed by atoms with Crippen molar-refractivity contribution < 1.29 is 9.50 Å². The Balaban J connectivity index is 1.56. The molecule has 0 saturated heterocycles. The van der Waals surface area contributed by atoms with E-state index < -0.39 is 0 Å². The van der Waals surface area contributed by atoms with Gasteiger partial charge in [0.2, 0.25) is 0 Å². The van der Waals surface area contributed by atoms with E-state index in [0.717, 1.165) is 22.4 Å². The smallest absolute Gasteiger partial charge is 0.123 e. The molecule has 0 spiro atoms. The lowest BCUT2D eigenvalue weighted by molar-refractivity contribution is 0.280. The highest BCUT2D eigenvalue weighted by atomic mass is 19.1. The molecule has 0 aliphatic carbocycles. The van der Waals surface area contributed by atoms with Crippen LogP contribution in [0.2, 0.25) is 0 Å². The Labute approximate surface area is 175 Å². The van der Waals surface area contributed by atoms with E-state index >= 15 is 0 Å². The Kier molecular flexibility index (Phi) is 6.20. The molecule has 0 amide bonds. The number of aliphatic hydroxyl groups excluding tert-OH is 1. The molecule has 3 aromatic carbocycles. The van der Waals surface area contributed by atoms with Crippen molar-refractivity contribution in [1.82, 2.24) is 9.78 Å². The van der Waals surface area contributed by atoms with Crippen molar-refractivity contribution in [1.29, 1.82) is 0 Å². The second-order valence-corrected chi connectivity index (χ2v) is 7.29. The summed E-state index contributed by atoms with van der Waals surface area (Å²) in [7, 11) is 0. The van der Waals surface area contributed by atoms with Gasteiger partial charge < -0.3 is 10.0 Å². The van der Waals surface area contributed by atoms with Gasteiger partial charge in [-0.25, -0.2) is 4.39 Å². The Morgan fingerprint density at radius 3 is 2.23 bits per heavy atom. The van der Waals surface area contributed by atoms with E-state index in [1.807, 2.05) is 59.5 Å². The van der Waals surface area contributed by atoms with Gasteiger partial charge in [0.25, 0.3) is 0 Å². The van der Waals surface area contributed by atoms with Gasteiger partial charge in [0.1, 0.15) is 5.82 Å². The maximum Gasteiger partial charge on any atom is 0.123 e. The van der Waals surface area contributed by atoms with Crippen LogP contribution in [-0.4, -0.2) is 14.9 Å². The van der Waals surface area contributed by atoms with Gasteiger partial charge in [-0.3, -0.25) is 4.68 Å². The minimum atomic E-state index is -0.259. The summed E-state index contributed by atoms with van der Waals surface area (Å²) >= 11 is 0. The molecule has 0 aliphatic rings. The first-order valence-corrected chi connectivity index (χ1v) is 9.94. The maximum absolute atomic E-state index is 13.5. The van der Waals surface area contributed by atoms with E-state index in [1.54, 1.807) is 12.1 Å². The molecule has 152 valence electrons. The minimum absolute atomic E-state index is 0.0115. The molecular weight excluding hydrogens is 377 g/mol. The zero-order valence-corrected chi connectivity index (χ0v) is 16.7. The van der Waals surface area contributed by atoms with Gasteiger partial charge in [0.15, 0.2) is 0 Å². The Hall–Kier alpha value is -3.44. The van der Waals surface area contributed by atoms with Crippen LogP contribution in [0.3, 0.4) is 0 Å². The highest BCUT2D eigenvalue weighted by molar-refractivity contribution is 5.48. The van der Waals surface area contributed by atoms with Crippen molar-refractivity contribution in [3.8, 4) is 0 Å². The van der Waals surface area contributed by atoms with Crippen molar-refractivity contribution in [2.75, 3.05) is 4.90 Å². The quantitative estimate of drug-likeness (QED) is 0.462. The zero-order chi connectivity index (χ0) is 20.8. The number of aromatic nitrogens is 2. The zero-order valence-electron chi connectivity index (χ0n) is 16.7. The summed E-state index contributed by atoms with van der Waals surface area (Å²) < 4.78 is 15.4. The number of rotatable bonds is 8. The van der Waals surface area contributed by atoms with E-state index in [-0.39, 0.29) is 12.4 Å². The predicted molar refractivity (Wildman–Crippen MR) is 116 cm³/mol. The molecule has 4 aromatic rings. The summed E-state index contributed by atoms with van der Waals surface area (Å²) in [5.41, 5.74) is 5.11. The molecule has 0 fully saturated rings. The summed E-state index contributed by atoms with van der Waals surface area (Å²) in [5, 5.41) is 14.2. The molecule has 4 rings (SSSR count). The summed E-state index contributed by atoms with van der Waals surface area (Å²) in [6, 6.07) is 24.5. The van der Waals surface area contributed by atoms with Crippen LogP contribution in [-0.2, 0) is 26.2 Å². The highest BCUT2D eigenvalue weighted by Gasteiger charge is 2.12. The van der Waals surface area contributed by atoms with Crippen molar-refractivity contribution >= 4 is 5.69 Å². The van der Waals surface area contributed by atoms with Crippen molar-refractivity contribution in [3.05, 3.63) is 119 Å². The molecule has 0 bridgehead atoms. The molecule has 0 radical (unpaired) electrons. The maximum atomic E-state index is 13.5. The number of anilines is 1. The average Bonchev–Trinajstić information content (AvgIpc) is 3.21. The number of nitrogens with zero attached hydrogens (tertiary/aromatic N) is 3. The second kappa shape index (κ2) is 9.37. The molecule has 0 aliphatic heterocycles. The Morgan fingerprint density at radius 1 is 0.800 bits per heavy atom. The first kappa shape index (κ1) is 19.9. The lowest BCUT2D eigenvalue weighted by Gasteiger charge is -2.25.